The van der Waals surface area contributed by atoms with Gasteiger partial charge in [0.25, 0.3) is 5.91 Å². The van der Waals surface area contributed by atoms with Crippen molar-refractivity contribution in [2.45, 2.75) is 26.3 Å². The number of nitrogens with one attached hydrogen (secondary N) is 2. The third kappa shape index (κ3) is 3.79. The molecule has 0 radical (unpaired) electrons. The molecular weight excluding hydrogens is 278 g/mol. The molecule has 0 aliphatic carbocycles. The molecule has 0 bridgehead atoms. The van der Waals surface area contributed by atoms with Crippen LogP contribution in [0, 0.1) is 11.3 Å². The van der Waals surface area contributed by atoms with E-state index < -0.39 is 0 Å². The minimum Gasteiger partial charge on any atom is -0.348 e. The number of amides is 1. The first-order valence-electron chi connectivity index (χ1n) is 7.03. The number of nitriles is 1. The van der Waals surface area contributed by atoms with Gasteiger partial charge in [0.15, 0.2) is 0 Å². The Morgan fingerprint density at radius 2 is 2.14 bits per heavy atom. The zero-order valence-electron chi connectivity index (χ0n) is 12.5. The molecule has 2 N–H and O–H groups in total. The van der Waals surface area contributed by atoms with Gasteiger partial charge in [-0.3, -0.25) is 4.79 Å². The van der Waals surface area contributed by atoms with Gasteiger partial charge in [0.05, 0.1) is 11.3 Å². The van der Waals surface area contributed by atoms with Gasteiger partial charge in [-0.15, -0.1) is 0 Å². The lowest BCUT2D eigenvalue weighted by Gasteiger charge is -2.11. The number of hydrogen-bond acceptors (Lipinski definition) is 5. The van der Waals surface area contributed by atoms with Crippen molar-refractivity contribution in [1.29, 1.82) is 5.26 Å². The number of para-hydroxylation sites is 1. The molecule has 1 atom stereocenters. The highest BCUT2D eigenvalue weighted by molar-refractivity contribution is 5.93. The molecule has 0 aliphatic heterocycles. The fourth-order valence-electron chi connectivity index (χ4n) is 1.78. The van der Waals surface area contributed by atoms with Crippen LogP contribution >= 0.6 is 0 Å². The van der Waals surface area contributed by atoms with E-state index in [1.54, 1.807) is 24.3 Å². The highest BCUT2D eigenvalue weighted by atomic mass is 16.1. The summed E-state index contributed by atoms with van der Waals surface area (Å²) in [5, 5.41) is 15.0. The van der Waals surface area contributed by atoms with Crippen LogP contribution < -0.4 is 10.6 Å². The van der Waals surface area contributed by atoms with Gasteiger partial charge in [0.1, 0.15) is 23.9 Å². The lowest BCUT2D eigenvalue weighted by atomic mass is 10.2. The van der Waals surface area contributed by atoms with Crippen LogP contribution in [0.25, 0.3) is 0 Å². The molecular formula is C16H17N5O. The summed E-state index contributed by atoms with van der Waals surface area (Å²) in [6, 6.07) is 10.8. The maximum atomic E-state index is 12.1. The van der Waals surface area contributed by atoms with E-state index in [9.17, 15) is 4.79 Å². The lowest BCUT2D eigenvalue weighted by molar-refractivity contribution is 0.0934. The average molecular weight is 295 g/mol. The van der Waals surface area contributed by atoms with E-state index in [0.29, 0.717) is 17.1 Å². The van der Waals surface area contributed by atoms with E-state index in [4.69, 9.17) is 5.26 Å². The number of benzene rings is 1. The Morgan fingerprint density at radius 3 is 2.86 bits per heavy atom. The molecule has 22 heavy (non-hydrogen) atoms. The van der Waals surface area contributed by atoms with E-state index in [1.165, 1.54) is 6.33 Å². The van der Waals surface area contributed by atoms with Crippen LogP contribution in [0.5, 0.6) is 0 Å². The molecule has 1 heterocycles. The third-order valence-electron chi connectivity index (χ3n) is 3.20. The predicted octanol–water partition coefficient (Wildman–Crippen LogP) is 2.62. The topological polar surface area (TPSA) is 90.7 Å². The molecule has 0 saturated carbocycles. The molecule has 0 spiro atoms. The number of anilines is 2. The van der Waals surface area contributed by atoms with Gasteiger partial charge in [-0.2, -0.15) is 5.26 Å². The number of carbonyl (C=O) groups excluding carboxylic acids is 1. The monoisotopic (exact) mass is 295 g/mol. The second-order valence-electron chi connectivity index (χ2n) is 4.85. The maximum Gasteiger partial charge on any atom is 0.270 e. The van der Waals surface area contributed by atoms with Crippen LogP contribution in [0.15, 0.2) is 36.7 Å². The average Bonchev–Trinajstić information content (AvgIpc) is 2.55. The zero-order valence-corrected chi connectivity index (χ0v) is 12.5. The normalized spacial score (nSPS) is 11.3. The van der Waals surface area contributed by atoms with Crippen LogP contribution in [0.1, 0.15) is 36.3 Å². The van der Waals surface area contributed by atoms with Crippen LogP contribution in [0.3, 0.4) is 0 Å². The van der Waals surface area contributed by atoms with Gasteiger partial charge >= 0.3 is 0 Å². The van der Waals surface area contributed by atoms with Crippen LogP contribution in [0.4, 0.5) is 11.5 Å². The fraction of sp³-hybridized carbons (Fsp3) is 0.250. The number of nitrogens with zero attached hydrogens (tertiary/aromatic N) is 3. The summed E-state index contributed by atoms with van der Waals surface area (Å²) < 4.78 is 0. The molecule has 0 aliphatic rings. The van der Waals surface area contributed by atoms with E-state index in [0.717, 1.165) is 6.42 Å². The van der Waals surface area contributed by atoms with Crippen molar-refractivity contribution in [3.8, 4) is 6.07 Å². The summed E-state index contributed by atoms with van der Waals surface area (Å²) >= 11 is 0. The largest absolute Gasteiger partial charge is 0.348 e. The predicted molar refractivity (Wildman–Crippen MR) is 83.7 cm³/mol. The Hall–Kier alpha value is -2.94. The number of aromatic nitrogens is 2. The van der Waals surface area contributed by atoms with Crippen molar-refractivity contribution in [1.82, 2.24) is 15.3 Å². The number of rotatable bonds is 5. The molecule has 1 amide bonds. The summed E-state index contributed by atoms with van der Waals surface area (Å²) in [5.41, 5.74) is 1.43. The minimum atomic E-state index is -0.242. The van der Waals surface area contributed by atoms with Gasteiger partial charge < -0.3 is 10.6 Å². The molecule has 0 fully saturated rings. The van der Waals surface area contributed by atoms with Crippen molar-refractivity contribution >= 4 is 17.4 Å². The van der Waals surface area contributed by atoms with Gasteiger partial charge in [0, 0.05) is 12.1 Å². The smallest absolute Gasteiger partial charge is 0.270 e. The summed E-state index contributed by atoms with van der Waals surface area (Å²) in [4.78, 5) is 20.1. The zero-order chi connectivity index (χ0) is 15.9. The first-order valence-corrected chi connectivity index (χ1v) is 7.03. The SMILES string of the molecule is CCC(C)NC(=O)c1cc(Nc2ccccc2C#N)ncn1. The van der Waals surface area contributed by atoms with Crippen LogP contribution in [0.2, 0.25) is 0 Å². The summed E-state index contributed by atoms with van der Waals surface area (Å²) in [5.74, 6) is 0.223. The van der Waals surface area contributed by atoms with Gasteiger partial charge in [-0.1, -0.05) is 19.1 Å². The third-order valence-corrected chi connectivity index (χ3v) is 3.20. The molecule has 1 unspecified atom stereocenters. The van der Waals surface area contributed by atoms with Crippen LogP contribution in [-0.4, -0.2) is 21.9 Å². The van der Waals surface area contributed by atoms with Crippen molar-refractivity contribution in [3.63, 3.8) is 0 Å². The first-order chi connectivity index (χ1) is 10.6. The van der Waals surface area contributed by atoms with E-state index in [2.05, 4.69) is 26.7 Å². The number of carbonyl (C=O) groups is 1. The van der Waals surface area contributed by atoms with Crippen molar-refractivity contribution in [3.05, 3.63) is 47.9 Å². The fourth-order valence-corrected chi connectivity index (χ4v) is 1.78. The Bertz CT molecular complexity index is 708. The van der Waals surface area contributed by atoms with E-state index in [1.807, 2.05) is 19.9 Å². The summed E-state index contributed by atoms with van der Waals surface area (Å²) in [6.07, 6.45) is 2.17. The Kier molecular flexibility index (Phi) is 5.04. The molecule has 6 heteroatoms. The number of hydrogen-bond donors (Lipinski definition) is 2. The van der Waals surface area contributed by atoms with Gasteiger partial charge in [-0.25, -0.2) is 9.97 Å². The summed E-state index contributed by atoms with van der Waals surface area (Å²) in [6.45, 7) is 3.93. The van der Waals surface area contributed by atoms with Crippen molar-refractivity contribution < 1.29 is 4.79 Å². The van der Waals surface area contributed by atoms with Crippen molar-refractivity contribution in [2.24, 2.45) is 0 Å². The minimum absolute atomic E-state index is 0.0817. The molecule has 1 aromatic heterocycles. The first kappa shape index (κ1) is 15.4. The Labute approximate surface area is 129 Å². The molecule has 0 saturated heterocycles. The standard InChI is InChI=1S/C16H17N5O/c1-3-11(2)20-16(22)14-8-15(19-10-18-14)21-13-7-5-4-6-12(13)9-17/h4-8,10-11H,3H2,1-2H3,(H,20,22)(H,18,19,21). The Balaban J connectivity index is 2.18. The highest BCUT2D eigenvalue weighted by Gasteiger charge is 2.11. The maximum absolute atomic E-state index is 12.1. The molecule has 112 valence electrons. The van der Waals surface area contributed by atoms with Gasteiger partial charge in [-0.05, 0) is 25.5 Å². The Morgan fingerprint density at radius 1 is 1.36 bits per heavy atom. The molecule has 6 nitrogen and oxygen atoms in total. The highest BCUT2D eigenvalue weighted by Crippen LogP contribution is 2.18. The second kappa shape index (κ2) is 7.18. The van der Waals surface area contributed by atoms with E-state index >= 15 is 0 Å². The summed E-state index contributed by atoms with van der Waals surface area (Å²) in [7, 11) is 0. The molecule has 1 aromatic carbocycles. The lowest BCUT2D eigenvalue weighted by Crippen LogP contribution is -2.32. The quantitative estimate of drug-likeness (QED) is 0.884. The second-order valence-corrected chi connectivity index (χ2v) is 4.85. The van der Waals surface area contributed by atoms with Crippen LogP contribution in [-0.2, 0) is 0 Å². The molecule has 2 aromatic rings. The van der Waals surface area contributed by atoms with E-state index in [-0.39, 0.29) is 17.6 Å². The van der Waals surface area contributed by atoms with Crippen molar-refractivity contribution in [2.75, 3.05) is 5.32 Å². The van der Waals surface area contributed by atoms with Gasteiger partial charge in [0.2, 0.25) is 0 Å². The molecule has 2 rings (SSSR count).